The number of hydrogen-bond acceptors (Lipinski definition) is 4. The zero-order valence-electron chi connectivity index (χ0n) is 22.9. The summed E-state index contributed by atoms with van der Waals surface area (Å²) in [5.41, 5.74) is 1.40. The van der Waals surface area contributed by atoms with Crippen molar-refractivity contribution in [1.82, 2.24) is 10.2 Å². The minimum atomic E-state index is -4.31. The molecule has 0 heterocycles. The van der Waals surface area contributed by atoms with Gasteiger partial charge >= 0.3 is 0 Å². The van der Waals surface area contributed by atoms with Crippen LogP contribution in [0.4, 0.5) is 5.69 Å². The molecule has 0 aromatic heterocycles. The Balaban J connectivity index is 1.82. The van der Waals surface area contributed by atoms with Gasteiger partial charge in [-0.05, 0) is 53.6 Å². The minimum absolute atomic E-state index is 0.0143. The van der Waals surface area contributed by atoms with Gasteiger partial charge in [-0.2, -0.15) is 0 Å². The second-order valence-electron chi connectivity index (χ2n) is 9.51. The van der Waals surface area contributed by atoms with E-state index in [9.17, 15) is 18.0 Å². The molecule has 0 aliphatic rings. The average molecular weight is 679 g/mol. The highest BCUT2D eigenvalue weighted by Gasteiger charge is 2.35. The quantitative estimate of drug-likeness (QED) is 0.187. The van der Waals surface area contributed by atoms with E-state index in [0.717, 1.165) is 9.87 Å². The number of sulfonamides is 1. The summed E-state index contributed by atoms with van der Waals surface area (Å²) in [5, 5.41) is 3.52. The molecular weight excluding hydrogens is 652 g/mol. The standard InChI is InChI=1S/C31H27Cl4N3O4S/c1-36-31(40)29(17-21-8-4-2-5-9-21)37(19-22-12-14-25(33)27(35)16-22)30(39)20-38(28-18-23(32)13-15-26(28)34)43(41,42)24-10-6-3-7-11-24/h2-16,18,29H,17,19-20H2,1H3,(H,36,40)/t29-/m0/s1. The van der Waals surface area contributed by atoms with E-state index in [0.29, 0.717) is 10.6 Å². The first kappa shape index (κ1) is 32.6. The van der Waals surface area contributed by atoms with E-state index in [-0.39, 0.29) is 38.6 Å². The summed E-state index contributed by atoms with van der Waals surface area (Å²) in [7, 11) is -2.84. The average Bonchev–Trinajstić information content (AvgIpc) is 3.01. The molecule has 0 aliphatic carbocycles. The fourth-order valence-electron chi connectivity index (χ4n) is 4.47. The van der Waals surface area contributed by atoms with E-state index in [1.807, 2.05) is 30.3 Å². The SMILES string of the molecule is CNC(=O)[C@H](Cc1ccccc1)N(Cc1ccc(Cl)c(Cl)c1)C(=O)CN(c1cc(Cl)ccc1Cl)S(=O)(=O)c1ccccc1. The summed E-state index contributed by atoms with van der Waals surface area (Å²) in [6, 6.07) is 25.1. The Labute approximate surface area is 271 Å². The zero-order valence-corrected chi connectivity index (χ0v) is 26.7. The fraction of sp³-hybridized carbons (Fsp3) is 0.161. The summed E-state index contributed by atoms with van der Waals surface area (Å²) in [6.07, 6.45) is 0.164. The van der Waals surface area contributed by atoms with Crippen LogP contribution in [0.3, 0.4) is 0 Å². The lowest BCUT2D eigenvalue weighted by molar-refractivity contribution is -0.139. The van der Waals surface area contributed by atoms with Gasteiger partial charge in [0, 0.05) is 25.0 Å². The van der Waals surface area contributed by atoms with Crippen LogP contribution in [0.25, 0.3) is 0 Å². The molecule has 0 spiro atoms. The first-order chi connectivity index (χ1) is 20.5. The smallest absolute Gasteiger partial charge is 0.264 e. The van der Waals surface area contributed by atoms with Crippen LogP contribution in [-0.4, -0.2) is 44.8 Å². The van der Waals surface area contributed by atoms with Crippen molar-refractivity contribution in [2.24, 2.45) is 0 Å². The Morgan fingerprint density at radius 2 is 1.40 bits per heavy atom. The number of benzene rings is 4. The highest BCUT2D eigenvalue weighted by molar-refractivity contribution is 7.92. The summed E-state index contributed by atoms with van der Waals surface area (Å²) in [4.78, 5) is 28.9. The van der Waals surface area contributed by atoms with Crippen molar-refractivity contribution in [3.63, 3.8) is 0 Å². The number of carbonyl (C=O) groups excluding carboxylic acids is 2. The van der Waals surface area contributed by atoms with Crippen LogP contribution in [0, 0.1) is 0 Å². The van der Waals surface area contributed by atoms with E-state index >= 15 is 0 Å². The van der Waals surface area contributed by atoms with Gasteiger partial charge in [0.2, 0.25) is 11.8 Å². The van der Waals surface area contributed by atoms with Crippen molar-refractivity contribution in [3.8, 4) is 0 Å². The molecule has 0 aliphatic heterocycles. The molecular formula is C31H27Cl4N3O4S. The van der Waals surface area contributed by atoms with E-state index < -0.39 is 34.4 Å². The Morgan fingerprint density at radius 1 is 0.767 bits per heavy atom. The normalized spacial score (nSPS) is 11.9. The van der Waals surface area contributed by atoms with Crippen LogP contribution in [0.15, 0.2) is 102 Å². The molecule has 4 rings (SSSR count). The van der Waals surface area contributed by atoms with Crippen LogP contribution >= 0.6 is 46.4 Å². The summed E-state index contributed by atoms with van der Waals surface area (Å²) >= 11 is 25.1. The van der Waals surface area contributed by atoms with Gasteiger partial charge in [-0.15, -0.1) is 0 Å². The lowest BCUT2D eigenvalue weighted by Crippen LogP contribution is -2.53. The van der Waals surface area contributed by atoms with Crippen LogP contribution < -0.4 is 9.62 Å². The highest BCUT2D eigenvalue weighted by Crippen LogP contribution is 2.33. The van der Waals surface area contributed by atoms with Crippen molar-refractivity contribution < 1.29 is 18.0 Å². The molecule has 43 heavy (non-hydrogen) atoms. The molecule has 0 saturated carbocycles. The molecule has 0 radical (unpaired) electrons. The van der Waals surface area contributed by atoms with Crippen molar-refractivity contribution >= 4 is 73.9 Å². The predicted octanol–water partition coefficient (Wildman–Crippen LogP) is 6.88. The van der Waals surface area contributed by atoms with Gasteiger partial charge in [0.15, 0.2) is 0 Å². The van der Waals surface area contributed by atoms with E-state index in [1.165, 1.54) is 42.3 Å². The molecule has 4 aromatic carbocycles. The topological polar surface area (TPSA) is 86.8 Å². The first-order valence-electron chi connectivity index (χ1n) is 13.0. The number of amides is 2. The third kappa shape index (κ3) is 8.02. The second-order valence-corrected chi connectivity index (χ2v) is 13.0. The molecule has 224 valence electrons. The maximum absolute atomic E-state index is 14.3. The number of likely N-dealkylation sites (N-methyl/N-ethyl adjacent to an activating group) is 1. The molecule has 0 saturated heterocycles. The maximum atomic E-state index is 14.3. The fourth-order valence-corrected chi connectivity index (χ4v) is 6.67. The van der Waals surface area contributed by atoms with Crippen LogP contribution in [0.1, 0.15) is 11.1 Å². The number of carbonyl (C=O) groups is 2. The van der Waals surface area contributed by atoms with Gasteiger partial charge < -0.3 is 10.2 Å². The number of nitrogens with one attached hydrogen (secondary N) is 1. The van der Waals surface area contributed by atoms with Gasteiger partial charge in [0.05, 0.1) is 25.7 Å². The van der Waals surface area contributed by atoms with Gasteiger partial charge in [-0.25, -0.2) is 8.42 Å². The Hall–Kier alpha value is -3.27. The zero-order chi connectivity index (χ0) is 31.1. The number of hydrogen-bond donors (Lipinski definition) is 1. The number of anilines is 1. The molecule has 1 atom stereocenters. The van der Waals surface area contributed by atoms with E-state index in [4.69, 9.17) is 46.4 Å². The van der Waals surface area contributed by atoms with Gasteiger partial charge in [0.1, 0.15) is 12.6 Å². The molecule has 2 amide bonds. The monoisotopic (exact) mass is 677 g/mol. The highest BCUT2D eigenvalue weighted by atomic mass is 35.5. The van der Waals surface area contributed by atoms with Crippen molar-refractivity contribution in [2.45, 2.75) is 23.9 Å². The third-order valence-corrected chi connectivity index (χ3v) is 9.71. The molecule has 4 aromatic rings. The van der Waals surface area contributed by atoms with Crippen molar-refractivity contribution in [3.05, 3.63) is 128 Å². The second kappa shape index (κ2) is 14.5. The number of halogens is 4. The summed E-state index contributed by atoms with van der Waals surface area (Å²) in [6.45, 7) is -0.746. The van der Waals surface area contributed by atoms with Gasteiger partial charge in [-0.3, -0.25) is 13.9 Å². The van der Waals surface area contributed by atoms with Crippen molar-refractivity contribution in [2.75, 3.05) is 17.9 Å². The van der Waals surface area contributed by atoms with Gasteiger partial charge in [-0.1, -0.05) is 101 Å². The first-order valence-corrected chi connectivity index (χ1v) is 16.0. The summed E-state index contributed by atoms with van der Waals surface area (Å²) in [5.74, 6) is -1.10. The Kier molecular flexibility index (Phi) is 11.0. The Bertz CT molecular complexity index is 1710. The van der Waals surface area contributed by atoms with Crippen LogP contribution in [0.5, 0.6) is 0 Å². The molecule has 1 N–H and O–H groups in total. The molecule has 0 bridgehead atoms. The maximum Gasteiger partial charge on any atom is 0.264 e. The largest absolute Gasteiger partial charge is 0.357 e. The predicted molar refractivity (Wildman–Crippen MR) is 172 cm³/mol. The molecule has 0 fully saturated rings. The molecule has 12 heteroatoms. The van der Waals surface area contributed by atoms with E-state index in [2.05, 4.69) is 5.32 Å². The minimum Gasteiger partial charge on any atom is -0.357 e. The van der Waals surface area contributed by atoms with E-state index in [1.54, 1.807) is 36.4 Å². The third-order valence-electron chi connectivity index (χ3n) is 6.64. The molecule has 7 nitrogen and oxygen atoms in total. The lowest BCUT2D eigenvalue weighted by atomic mass is 10.0. The Morgan fingerprint density at radius 3 is 2.02 bits per heavy atom. The van der Waals surface area contributed by atoms with Gasteiger partial charge in [0.25, 0.3) is 10.0 Å². The number of nitrogens with zero attached hydrogens (tertiary/aromatic N) is 2. The number of rotatable bonds is 11. The summed E-state index contributed by atoms with van der Waals surface area (Å²) < 4.78 is 28.9. The van der Waals surface area contributed by atoms with Crippen molar-refractivity contribution in [1.29, 1.82) is 0 Å². The molecule has 0 unspecified atom stereocenters. The van der Waals surface area contributed by atoms with Crippen LogP contribution in [-0.2, 0) is 32.6 Å². The van der Waals surface area contributed by atoms with Crippen LogP contribution in [0.2, 0.25) is 20.1 Å². The lowest BCUT2D eigenvalue weighted by Gasteiger charge is -2.34.